The van der Waals surface area contributed by atoms with Crippen LogP contribution in [0.2, 0.25) is 0 Å². The molecular formula is C27H25N5O4S. The predicted molar refractivity (Wildman–Crippen MR) is 140 cm³/mol. The Bertz CT molecular complexity index is 1470. The molecule has 3 aromatic carbocycles. The normalized spacial score (nSPS) is 10.9. The van der Waals surface area contributed by atoms with Crippen molar-refractivity contribution in [3.63, 3.8) is 0 Å². The van der Waals surface area contributed by atoms with Crippen molar-refractivity contribution in [2.75, 3.05) is 20.8 Å². The Hall–Kier alpha value is -4.31. The van der Waals surface area contributed by atoms with Crippen LogP contribution in [0.15, 0.2) is 82.5 Å². The number of ether oxygens (including phenoxy) is 3. The standard InChI is InChI=1S/C27H25N5O4S/c1-4-35-20-12-10-19(11-13-20)32-26(18-8-6-5-7-9-18)29-30-27(32)37-17-24-28-25(31-36-24)22-15-14-21(33-2)16-23(22)34-3/h5-16H,4,17H2,1-3H3. The van der Waals surface area contributed by atoms with Gasteiger partial charge in [0.25, 0.3) is 0 Å². The summed E-state index contributed by atoms with van der Waals surface area (Å²) in [6.07, 6.45) is 0. The summed E-state index contributed by atoms with van der Waals surface area (Å²) in [5, 5.41) is 13.8. The van der Waals surface area contributed by atoms with Gasteiger partial charge in [0.2, 0.25) is 11.7 Å². The van der Waals surface area contributed by atoms with Gasteiger partial charge in [-0.3, -0.25) is 4.57 Å². The van der Waals surface area contributed by atoms with Crippen molar-refractivity contribution in [1.82, 2.24) is 24.9 Å². The van der Waals surface area contributed by atoms with Crippen LogP contribution in [0, 0.1) is 0 Å². The lowest BCUT2D eigenvalue weighted by molar-refractivity contribution is 0.340. The fraction of sp³-hybridized carbons (Fsp3) is 0.185. The molecule has 2 aromatic heterocycles. The largest absolute Gasteiger partial charge is 0.497 e. The number of methoxy groups -OCH3 is 2. The zero-order chi connectivity index (χ0) is 25.6. The lowest BCUT2D eigenvalue weighted by Crippen LogP contribution is -2.00. The molecule has 10 heteroatoms. The highest BCUT2D eigenvalue weighted by molar-refractivity contribution is 7.98. The van der Waals surface area contributed by atoms with E-state index in [1.165, 1.54) is 11.8 Å². The predicted octanol–water partition coefficient (Wildman–Crippen LogP) is 5.69. The fourth-order valence-corrected chi connectivity index (χ4v) is 4.55. The first-order chi connectivity index (χ1) is 18.2. The molecular weight excluding hydrogens is 490 g/mol. The number of thioether (sulfide) groups is 1. The Morgan fingerprint density at radius 3 is 2.41 bits per heavy atom. The molecule has 0 saturated heterocycles. The Morgan fingerprint density at radius 2 is 1.68 bits per heavy atom. The van der Waals surface area contributed by atoms with Crippen molar-refractivity contribution < 1.29 is 18.7 Å². The van der Waals surface area contributed by atoms with E-state index >= 15 is 0 Å². The van der Waals surface area contributed by atoms with Crippen LogP contribution in [-0.2, 0) is 5.75 Å². The van der Waals surface area contributed by atoms with Crippen LogP contribution in [0.25, 0.3) is 28.5 Å². The molecule has 2 heterocycles. The van der Waals surface area contributed by atoms with Crippen LogP contribution in [0.1, 0.15) is 12.8 Å². The molecule has 0 fully saturated rings. The van der Waals surface area contributed by atoms with Crippen molar-refractivity contribution in [2.24, 2.45) is 0 Å². The van der Waals surface area contributed by atoms with Gasteiger partial charge in [-0.15, -0.1) is 10.2 Å². The smallest absolute Gasteiger partial charge is 0.237 e. The van der Waals surface area contributed by atoms with Gasteiger partial charge >= 0.3 is 0 Å². The topological polar surface area (TPSA) is 97.3 Å². The molecule has 188 valence electrons. The molecule has 5 rings (SSSR count). The molecule has 0 atom stereocenters. The molecule has 0 aliphatic carbocycles. The monoisotopic (exact) mass is 515 g/mol. The molecule has 37 heavy (non-hydrogen) atoms. The summed E-state index contributed by atoms with van der Waals surface area (Å²) in [5.74, 6) is 4.14. The van der Waals surface area contributed by atoms with Gasteiger partial charge in [-0.2, -0.15) is 4.98 Å². The van der Waals surface area contributed by atoms with Gasteiger partial charge in [-0.05, 0) is 43.3 Å². The molecule has 0 N–H and O–H groups in total. The van der Waals surface area contributed by atoms with Crippen LogP contribution in [-0.4, -0.2) is 45.7 Å². The van der Waals surface area contributed by atoms with E-state index in [1.54, 1.807) is 20.3 Å². The third-order valence-corrected chi connectivity index (χ3v) is 6.43. The van der Waals surface area contributed by atoms with Crippen LogP contribution in [0.4, 0.5) is 0 Å². The van der Waals surface area contributed by atoms with Gasteiger partial charge in [0, 0.05) is 17.3 Å². The van der Waals surface area contributed by atoms with Gasteiger partial charge in [-0.25, -0.2) is 0 Å². The second-order valence-electron chi connectivity index (χ2n) is 7.80. The van der Waals surface area contributed by atoms with Crippen LogP contribution < -0.4 is 14.2 Å². The summed E-state index contributed by atoms with van der Waals surface area (Å²) in [5.41, 5.74) is 2.60. The summed E-state index contributed by atoms with van der Waals surface area (Å²) < 4.78 is 23.9. The highest BCUT2D eigenvalue weighted by atomic mass is 32.2. The summed E-state index contributed by atoms with van der Waals surface area (Å²) in [7, 11) is 3.20. The fourth-order valence-electron chi connectivity index (χ4n) is 3.76. The van der Waals surface area contributed by atoms with E-state index in [4.69, 9.17) is 18.7 Å². The molecule has 0 aliphatic rings. The molecule has 0 bridgehead atoms. The lowest BCUT2D eigenvalue weighted by atomic mass is 10.2. The van der Waals surface area contributed by atoms with E-state index in [1.807, 2.05) is 78.2 Å². The van der Waals surface area contributed by atoms with Crippen LogP contribution >= 0.6 is 11.8 Å². The Kier molecular flexibility index (Phi) is 7.36. The molecule has 0 aliphatic heterocycles. The highest BCUT2D eigenvalue weighted by Crippen LogP contribution is 2.33. The van der Waals surface area contributed by atoms with E-state index < -0.39 is 0 Å². The minimum absolute atomic E-state index is 0.412. The minimum Gasteiger partial charge on any atom is -0.497 e. The maximum atomic E-state index is 5.61. The van der Waals surface area contributed by atoms with Crippen molar-refractivity contribution >= 4 is 11.8 Å². The maximum Gasteiger partial charge on any atom is 0.237 e. The molecule has 0 amide bonds. The summed E-state index contributed by atoms with van der Waals surface area (Å²) in [6.45, 7) is 2.57. The SMILES string of the molecule is CCOc1ccc(-n2c(SCc3nc(-c4ccc(OC)cc4OC)no3)nnc2-c2ccccc2)cc1. The van der Waals surface area contributed by atoms with Crippen LogP contribution in [0.5, 0.6) is 17.2 Å². The lowest BCUT2D eigenvalue weighted by Gasteiger charge is -2.11. The quantitative estimate of drug-likeness (QED) is 0.217. The van der Waals surface area contributed by atoms with Crippen molar-refractivity contribution in [1.29, 1.82) is 0 Å². The molecule has 5 aromatic rings. The highest BCUT2D eigenvalue weighted by Gasteiger charge is 2.19. The van der Waals surface area contributed by atoms with Gasteiger partial charge in [-0.1, -0.05) is 47.3 Å². The number of hydrogen-bond acceptors (Lipinski definition) is 9. The Morgan fingerprint density at radius 1 is 0.892 bits per heavy atom. The first kappa shape index (κ1) is 24.4. The molecule has 0 radical (unpaired) electrons. The molecule has 0 unspecified atom stereocenters. The van der Waals surface area contributed by atoms with Gasteiger partial charge < -0.3 is 18.7 Å². The van der Waals surface area contributed by atoms with E-state index in [0.717, 1.165) is 22.8 Å². The summed E-state index contributed by atoms with van der Waals surface area (Å²) in [4.78, 5) is 4.57. The summed E-state index contributed by atoms with van der Waals surface area (Å²) >= 11 is 1.46. The summed E-state index contributed by atoms with van der Waals surface area (Å²) in [6, 6.07) is 23.3. The number of aromatic nitrogens is 5. The maximum absolute atomic E-state index is 5.61. The van der Waals surface area contributed by atoms with E-state index in [2.05, 4.69) is 20.3 Å². The van der Waals surface area contributed by atoms with Gasteiger partial charge in [0.15, 0.2) is 11.0 Å². The van der Waals surface area contributed by atoms with Crippen molar-refractivity contribution in [2.45, 2.75) is 17.8 Å². The third-order valence-electron chi connectivity index (χ3n) is 5.51. The number of hydrogen-bond donors (Lipinski definition) is 0. The van der Waals surface area contributed by atoms with E-state index in [-0.39, 0.29) is 0 Å². The average Bonchev–Trinajstić information content (AvgIpc) is 3.60. The third kappa shape index (κ3) is 5.29. The molecule has 0 spiro atoms. The van der Waals surface area contributed by atoms with E-state index in [0.29, 0.717) is 46.3 Å². The first-order valence-corrected chi connectivity index (χ1v) is 12.6. The minimum atomic E-state index is 0.412. The second kappa shape index (κ2) is 11.2. The van der Waals surface area contributed by atoms with Crippen molar-refractivity contribution in [3.05, 3.63) is 78.7 Å². The van der Waals surface area contributed by atoms with Gasteiger partial charge in [0.1, 0.15) is 17.2 Å². The van der Waals surface area contributed by atoms with Crippen LogP contribution in [0.3, 0.4) is 0 Å². The molecule has 0 saturated carbocycles. The Labute approximate surface area is 218 Å². The number of rotatable bonds is 10. The number of benzene rings is 3. The molecule has 9 nitrogen and oxygen atoms in total. The van der Waals surface area contributed by atoms with E-state index in [9.17, 15) is 0 Å². The first-order valence-electron chi connectivity index (χ1n) is 11.6. The zero-order valence-electron chi connectivity index (χ0n) is 20.6. The zero-order valence-corrected chi connectivity index (χ0v) is 21.4. The number of nitrogens with zero attached hydrogens (tertiary/aromatic N) is 5. The average molecular weight is 516 g/mol. The van der Waals surface area contributed by atoms with Gasteiger partial charge in [0.05, 0.1) is 32.1 Å². The second-order valence-corrected chi connectivity index (χ2v) is 8.74. The van der Waals surface area contributed by atoms with Crippen molar-refractivity contribution in [3.8, 4) is 45.7 Å². The Balaban J connectivity index is 1.42.